The molecule has 0 spiro atoms. The Labute approximate surface area is 450 Å². The molecule has 0 fully saturated rings. The molecule has 0 aliphatic rings. The van der Waals surface area contributed by atoms with Gasteiger partial charge in [-0.25, -0.2) is 4.79 Å². The van der Waals surface area contributed by atoms with E-state index in [1.54, 1.807) is 12.1 Å². The molecule has 1 aromatic carbocycles. The van der Waals surface area contributed by atoms with E-state index in [1.165, 1.54) is 50.7 Å². The largest absolute Gasteiger partial charge is 0.508 e. The maximum Gasteiger partial charge on any atom is 0.326 e. The Morgan fingerprint density at radius 3 is 1.50 bits per heavy atom. The van der Waals surface area contributed by atoms with Gasteiger partial charge in [-0.15, -0.1) is 0 Å². The molecule has 0 aliphatic carbocycles. The molecule has 3 atom stereocenters. The van der Waals surface area contributed by atoms with Gasteiger partial charge in [0.2, 0.25) is 29.5 Å². The van der Waals surface area contributed by atoms with Crippen LogP contribution < -0.4 is 35.8 Å². The molecule has 1 unspecified atom stereocenters. The molecule has 0 heterocycles. The third kappa shape index (κ3) is 39.9. The van der Waals surface area contributed by atoms with E-state index in [2.05, 4.69) is 30.1 Å². The first-order valence-corrected chi connectivity index (χ1v) is 27.3. The Morgan fingerprint density at radius 2 is 1.00 bits per heavy atom. The second-order valence-corrected chi connectivity index (χ2v) is 18.7. The number of halogens is 1. The minimum atomic E-state index is -1.19. The van der Waals surface area contributed by atoms with Crippen LogP contribution in [0.1, 0.15) is 140 Å². The number of phenols is 1. The van der Waals surface area contributed by atoms with Crippen LogP contribution in [0.25, 0.3) is 0 Å². The summed E-state index contributed by atoms with van der Waals surface area (Å²) >= 11 is 1.92. The number of benzene rings is 1. The number of ketones is 1. The molecule has 1 aromatic rings. The summed E-state index contributed by atoms with van der Waals surface area (Å²) in [7, 11) is 0. The highest BCUT2D eigenvalue weighted by Crippen LogP contribution is 2.15. The molecular weight excluding hydrogens is 1080 g/mol. The van der Waals surface area contributed by atoms with E-state index in [4.69, 9.17) is 29.8 Å². The van der Waals surface area contributed by atoms with Crippen molar-refractivity contribution in [1.29, 1.82) is 0 Å². The zero-order valence-electron chi connectivity index (χ0n) is 43.3. The lowest BCUT2D eigenvalue weighted by molar-refractivity contribution is -0.142. The number of ether oxygens (including phenoxy) is 4. The van der Waals surface area contributed by atoms with Crippen molar-refractivity contribution in [3.8, 4) is 5.75 Å². The second kappa shape index (κ2) is 45.8. The molecule has 0 bridgehead atoms. The number of aromatic hydroxyl groups is 1. The van der Waals surface area contributed by atoms with Crippen molar-refractivity contribution in [2.75, 3.05) is 79.0 Å². The van der Waals surface area contributed by atoms with Crippen molar-refractivity contribution >= 4 is 70.1 Å². The lowest BCUT2D eigenvalue weighted by Gasteiger charge is -2.18. The van der Waals surface area contributed by atoms with Gasteiger partial charge in [-0.3, -0.25) is 42.4 Å². The number of carbonyl (C=O) groups is 8. The quantitative estimate of drug-likeness (QED) is 0.0253. The summed E-state index contributed by atoms with van der Waals surface area (Å²) in [5.41, 5.74) is 6.31. The normalized spacial score (nSPS) is 12.3. The third-order valence-electron chi connectivity index (χ3n) is 11.7. The van der Waals surface area contributed by atoms with Gasteiger partial charge in [0.15, 0.2) is 5.78 Å². The SMILES string of the molecule is NC(=O)[C@@H](Cc1ccc(O)cc1)NCC(=O)[C@@H](CCCCNC(=O)COCCOCCNC(=O)COCCOCCNC(=O)CCC(NC(=O)CCCCCCCCCCCCCCCCC(=O)O)C(=O)O)NI. The zero-order valence-corrected chi connectivity index (χ0v) is 45.4. The van der Waals surface area contributed by atoms with Gasteiger partial charge in [-0.2, -0.15) is 0 Å². The van der Waals surface area contributed by atoms with Crippen LogP contribution in [0, 0.1) is 0 Å². The summed E-state index contributed by atoms with van der Waals surface area (Å²) in [6.07, 6.45) is 17.4. The molecule has 0 saturated heterocycles. The number of nitrogens with two attached hydrogens (primary N) is 1. The Morgan fingerprint density at radius 1 is 0.514 bits per heavy atom. The van der Waals surface area contributed by atoms with E-state index >= 15 is 0 Å². The van der Waals surface area contributed by atoms with E-state index in [0.29, 0.717) is 32.2 Å². The predicted octanol–water partition coefficient (Wildman–Crippen LogP) is 3.52. The highest BCUT2D eigenvalue weighted by atomic mass is 127. The molecule has 74 heavy (non-hydrogen) atoms. The molecule has 0 radical (unpaired) electrons. The fourth-order valence-electron chi connectivity index (χ4n) is 7.43. The van der Waals surface area contributed by atoms with Crippen LogP contribution in [0.4, 0.5) is 0 Å². The van der Waals surface area contributed by atoms with Crippen molar-refractivity contribution in [3.05, 3.63) is 29.8 Å². The van der Waals surface area contributed by atoms with Crippen LogP contribution >= 0.6 is 22.9 Å². The Kier molecular flexibility index (Phi) is 41.8. The Bertz CT molecular complexity index is 1730. The summed E-state index contributed by atoms with van der Waals surface area (Å²) in [5.74, 6) is -3.85. The maximum absolute atomic E-state index is 12.8. The molecule has 1 rings (SSSR count). The number of nitrogens with one attached hydrogen (secondary N) is 6. The second-order valence-electron chi connectivity index (χ2n) is 18.1. The lowest BCUT2D eigenvalue weighted by atomic mass is 10.0. The highest BCUT2D eigenvalue weighted by molar-refractivity contribution is 14.1. The number of unbranched alkanes of at least 4 members (excludes halogenated alkanes) is 14. The average molecular weight is 1160 g/mol. The van der Waals surface area contributed by atoms with E-state index in [1.807, 2.05) is 22.9 Å². The number of aliphatic carboxylic acids is 2. The van der Waals surface area contributed by atoms with Crippen LogP contribution in [-0.2, 0) is 63.7 Å². The first kappa shape index (κ1) is 67.5. The van der Waals surface area contributed by atoms with Crippen LogP contribution in [0.2, 0.25) is 0 Å². The number of carbonyl (C=O) groups excluding carboxylic acids is 6. The number of Topliss-reactive ketones (excluding diaryl/α,β-unsaturated/α-hetero) is 1. The number of amides is 5. The van der Waals surface area contributed by atoms with Gasteiger partial charge in [-0.1, -0.05) is 89.2 Å². The Hall–Kier alpha value is -4.53. The molecular formula is C51H86IN7O15. The summed E-state index contributed by atoms with van der Waals surface area (Å²) < 4.78 is 24.4. The van der Waals surface area contributed by atoms with Crippen molar-refractivity contribution in [2.45, 2.75) is 159 Å². The summed E-state index contributed by atoms with van der Waals surface area (Å²) in [6.45, 7) is 1.60. The fourth-order valence-corrected chi connectivity index (χ4v) is 8.09. The van der Waals surface area contributed by atoms with Crippen LogP contribution in [0.15, 0.2) is 24.3 Å². The average Bonchev–Trinajstić information content (AvgIpc) is 3.36. The number of carboxylic acids is 2. The molecule has 0 saturated carbocycles. The smallest absolute Gasteiger partial charge is 0.326 e. The van der Waals surface area contributed by atoms with Gasteiger partial charge in [0, 0.05) is 61.8 Å². The number of hydrogen-bond acceptors (Lipinski definition) is 15. The molecule has 23 heteroatoms. The minimum absolute atomic E-state index is 0.0390. The van der Waals surface area contributed by atoms with Gasteiger partial charge in [0.05, 0.1) is 58.3 Å². The number of phenolic OH excluding ortho intramolecular Hbond substituents is 1. The zero-order chi connectivity index (χ0) is 54.4. The molecule has 0 aliphatic heterocycles. The maximum atomic E-state index is 12.8. The Balaban J connectivity index is 1.95. The molecule has 22 nitrogen and oxygen atoms in total. The number of hydrogen-bond donors (Lipinski definition) is 10. The first-order chi connectivity index (χ1) is 35.7. The number of rotatable bonds is 51. The highest BCUT2D eigenvalue weighted by Gasteiger charge is 2.22. The van der Waals surface area contributed by atoms with Gasteiger partial charge >= 0.3 is 11.9 Å². The van der Waals surface area contributed by atoms with Gasteiger partial charge in [-0.05, 0) is 62.6 Å². The van der Waals surface area contributed by atoms with Crippen LogP contribution in [0.5, 0.6) is 5.75 Å². The van der Waals surface area contributed by atoms with Crippen LogP contribution in [0.3, 0.4) is 0 Å². The monoisotopic (exact) mass is 1160 g/mol. The topological polar surface area (TPSA) is 332 Å². The third-order valence-corrected chi connectivity index (χ3v) is 12.4. The van der Waals surface area contributed by atoms with E-state index < -0.39 is 36.0 Å². The summed E-state index contributed by atoms with van der Waals surface area (Å²) in [5, 5.41) is 41.2. The van der Waals surface area contributed by atoms with Gasteiger partial charge in [0.25, 0.3) is 0 Å². The molecule has 11 N–H and O–H groups in total. The van der Waals surface area contributed by atoms with E-state index in [-0.39, 0.29) is 140 Å². The van der Waals surface area contributed by atoms with Crippen molar-refractivity contribution in [2.24, 2.45) is 5.73 Å². The van der Waals surface area contributed by atoms with Crippen molar-refractivity contribution in [3.63, 3.8) is 0 Å². The first-order valence-electron chi connectivity index (χ1n) is 26.3. The van der Waals surface area contributed by atoms with Gasteiger partial charge in [0.1, 0.15) is 25.0 Å². The molecule has 0 aromatic heterocycles. The lowest BCUT2D eigenvalue weighted by Crippen LogP contribution is -2.47. The standard InChI is InChI=1S/C51H86IN7O15/c52-59-41(44(61)36-57-43(50(53)68)35-39-20-22-40(60)23-21-39)17-15-16-26-54-47(64)37-73-33-32-72-30-28-56-48(65)38-74-34-31-71-29-27-55-45(62)25-24-42(51(69)70)58-46(63)18-13-11-9-7-5-3-1-2-4-6-8-10-12-14-19-49(66)67/h20-23,41-43,57,59-60H,1-19,24-38H2,(H2,53,68)(H,54,64)(H,55,62)(H,56,65)(H,58,63)(H,66,67)(H,69,70)/t41-,42?,43-/m1/s1. The number of primary amides is 1. The number of carboxylic acid groups (broad SMARTS) is 2. The minimum Gasteiger partial charge on any atom is -0.508 e. The predicted molar refractivity (Wildman–Crippen MR) is 285 cm³/mol. The molecule has 5 amide bonds. The fraction of sp³-hybridized carbons (Fsp3) is 0.725. The summed E-state index contributed by atoms with van der Waals surface area (Å²) in [4.78, 5) is 95.7. The van der Waals surface area contributed by atoms with Crippen molar-refractivity contribution in [1.82, 2.24) is 30.1 Å². The summed E-state index contributed by atoms with van der Waals surface area (Å²) in [6, 6.07) is 4.04. The van der Waals surface area contributed by atoms with E-state index in [9.17, 15) is 48.6 Å². The van der Waals surface area contributed by atoms with E-state index in [0.717, 1.165) is 50.5 Å². The van der Waals surface area contributed by atoms with Crippen molar-refractivity contribution < 1.29 is 72.6 Å². The van der Waals surface area contributed by atoms with Crippen LogP contribution in [-0.4, -0.2) is 160 Å². The van der Waals surface area contributed by atoms with Gasteiger partial charge < -0.3 is 61.3 Å². The molecule has 422 valence electrons.